The van der Waals surface area contributed by atoms with E-state index in [9.17, 15) is 4.79 Å². The lowest BCUT2D eigenvalue weighted by Crippen LogP contribution is -2.40. The van der Waals surface area contributed by atoms with Crippen LogP contribution in [0, 0.1) is 11.8 Å². The minimum Gasteiger partial charge on any atom is -0.361 e. The summed E-state index contributed by atoms with van der Waals surface area (Å²) in [4.78, 5) is 16.5. The molecule has 1 saturated heterocycles. The van der Waals surface area contributed by atoms with E-state index in [4.69, 9.17) is 4.52 Å². The van der Waals surface area contributed by atoms with Gasteiger partial charge in [-0.25, -0.2) is 0 Å². The maximum absolute atomic E-state index is 12.4. The van der Waals surface area contributed by atoms with Gasteiger partial charge in [-0.3, -0.25) is 9.78 Å². The summed E-state index contributed by atoms with van der Waals surface area (Å²) in [7, 11) is 0. The van der Waals surface area contributed by atoms with Gasteiger partial charge in [0.15, 0.2) is 0 Å². The third-order valence-electron chi connectivity index (χ3n) is 5.19. The molecule has 0 aromatic carbocycles. The molecule has 0 unspecified atom stereocenters. The Morgan fingerprint density at radius 3 is 2.93 bits per heavy atom. The Bertz CT molecular complexity index is 736. The molecule has 2 N–H and O–H groups in total. The van der Waals surface area contributed by atoms with Crippen LogP contribution in [0.1, 0.15) is 50.6 Å². The summed E-state index contributed by atoms with van der Waals surface area (Å²) in [6.45, 7) is 8.76. The van der Waals surface area contributed by atoms with Crippen LogP contribution in [-0.2, 0) is 23.2 Å². The summed E-state index contributed by atoms with van der Waals surface area (Å²) in [5.41, 5.74) is 1.96. The van der Waals surface area contributed by atoms with E-state index < -0.39 is 0 Å². The molecule has 6 nitrogen and oxygen atoms in total. The maximum atomic E-state index is 12.4. The van der Waals surface area contributed by atoms with Gasteiger partial charge in [-0.1, -0.05) is 32.0 Å². The zero-order valence-corrected chi connectivity index (χ0v) is 16.5. The van der Waals surface area contributed by atoms with E-state index in [0.717, 1.165) is 42.9 Å². The van der Waals surface area contributed by atoms with Gasteiger partial charge in [0.25, 0.3) is 0 Å². The lowest BCUT2D eigenvalue weighted by molar-refractivity contribution is -0.122. The third kappa shape index (κ3) is 5.63. The van der Waals surface area contributed by atoms with Crippen LogP contribution in [0.15, 0.2) is 35.1 Å². The molecule has 1 aliphatic heterocycles. The number of carbonyl (C=O) groups is 1. The molecule has 1 aliphatic rings. The Hall–Kier alpha value is -2.21. The SMILES string of the molecule is CC(C)(C)c1cc(C[C@@H]2CNCC[C@H]2CC(=O)NCc2cccnc2)no1. The van der Waals surface area contributed by atoms with Crippen LogP contribution < -0.4 is 10.6 Å². The number of nitrogens with zero attached hydrogens (tertiary/aromatic N) is 2. The van der Waals surface area contributed by atoms with Crippen LogP contribution in [0.4, 0.5) is 0 Å². The first-order valence-corrected chi connectivity index (χ1v) is 9.74. The van der Waals surface area contributed by atoms with Gasteiger partial charge >= 0.3 is 0 Å². The minimum absolute atomic E-state index is 0.0400. The van der Waals surface area contributed by atoms with Crippen molar-refractivity contribution in [2.45, 2.75) is 52.0 Å². The van der Waals surface area contributed by atoms with Gasteiger partial charge in [0.1, 0.15) is 5.76 Å². The summed E-state index contributed by atoms with van der Waals surface area (Å²) >= 11 is 0. The zero-order valence-electron chi connectivity index (χ0n) is 16.5. The maximum Gasteiger partial charge on any atom is 0.220 e. The Morgan fingerprint density at radius 1 is 1.37 bits per heavy atom. The molecule has 2 aromatic heterocycles. The normalized spacial score (nSPS) is 20.4. The van der Waals surface area contributed by atoms with E-state index in [1.54, 1.807) is 12.4 Å². The molecule has 3 heterocycles. The molecule has 2 atom stereocenters. The van der Waals surface area contributed by atoms with Gasteiger partial charge in [-0.15, -0.1) is 0 Å². The van der Waals surface area contributed by atoms with Crippen LogP contribution in [-0.4, -0.2) is 29.1 Å². The summed E-state index contributed by atoms with van der Waals surface area (Å²) in [5.74, 6) is 1.76. The number of hydrogen-bond donors (Lipinski definition) is 2. The van der Waals surface area contributed by atoms with E-state index in [0.29, 0.717) is 24.8 Å². The summed E-state index contributed by atoms with van der Waals surface area (Å²) in [6, 6.07) is 5.92. The van der Waals surface area contributed by atoms with Crippen molar-refractivity contribution in [2.24, 2.45) is 11.8 Å². The first-order chi connectivity index (χ1) is 12.9. The van der Waals surface area contributed by atoms with Crippen molar-refractivity contribution >= 4 is 5.91 Å². The molecule has 0 saturated carbocycles. The van der Waals surface area contributed by atoms with Crippen LogP contribution in [0.5, 0.6) is 0 Å². The number of piperidine rings is 1. The predicted molar refractivity (Wildman–Crippen MR) is 104 cm³/mol. The lowest BCUT2D eigenvalue weighted by Gasteiger charge is -2.31. The Balaban J connectivity index is 1.55. The van der Waals surface area contributed by atoms with Crippen molar-refractivity contribution in [3.05, 3.63) is 47.6 Å². The fourth-order valence-corrected chi connectivity index (χ4v) is 3.53. The Labute approximate surface area is 161 Å². The second-order valence-electron chi connectivity index (χ2n) is 8.49. The van der Waals surface area contributed by atoms with Gasteiger partial charge in [-0.05, 0) is 49.4 Å². The molecular formula is C21H30N4O2. The van der Waals surface area contributed by atoms with Gasteiger partial charge < -0.3 is 15.2 Å². The molecule has 6 heteroatoms. The molecule has 0 spiro atoms. The van der Waals surface area contributed by atoms with E-state index in [1.807, 2.05) is 12.1 Å². The van der Waals surface area contributed by atoms with E-state index >= 15 is 0 Å². The Morgan fingerprint density at radius 2 is 2.22 bits per heavy atom. The van der Waals surface area contributed by atoms with Crippen LogP contribution in [0.3, 0.4) is 0 Å². The van der Waals surface area contributed by atoms with Crippen LogP contribution in [0.25, 0.3) is 0 Å². The van der Waals surface area contributed by atoms with Gasteiger partial charge in [-0.2, -0.15) is 0 Å². The molecule has 0 aliphatic carbocycles. The van der Waals surface area contributed by atoms with E-state index in [2.05, 4.69) is 47.6 Å². The zero-order chi connectivity index (χ0) is 19.3. The summed E-state index contributed by atoms with van der Waals surface area (Å²) in [5, 5.41) is 10.7. The number of nitrogens with one attached hydrogen (secondary N) is 2. The van der Waals surface area contributed by atoms with Crippen molar-refractivity contribution in [2.75, 3.05) is 13.1 Å². The largest absolute Gasteiger partial charge is 0.361 e. The monoisotopic (exact) mass is 370 g/mol. The molecule has 2 aromatic rings. The van der Waals surface area contributed by atoms with Crippen molar-refractivity contribution in [3.63, 3.8) is 0 Å². The molecule has 0 radical (unpaired) electrons. The third-order valence-corrected chi connectivity index (χ3v) is 5.19. The first-order valence-electron chi connectivity index (χ1n) is 9.74. The minimum atomic E-state index is -0.0400. The fourth-order valence-electron chi connectivity index (χ4n) is 3.53. The number of rotatable bonds is 6. The molecule has 146 valence electrons. The van der Waals surface area contributed by atoms with Crippen molar-refractivity contribution in [3.8, 4) is 0 Å². The number of hydrogen-bond acceptors (Lipinski definition) is 5. The number of amides is 1. The second kappa shape index (κ2) is 8.65. The molecular weight excluding hydrogens is 340 g/mol. The highest BCUT2D eigenvalue weighted by atomic mass is 16.5. The van der Waals surface area contributed by atoms with Crippen LogP contribution in [0.2, 0.25) is 0 Å². The standard InChI is InChI=1S/C21H30N4O2/c1-21(2,3)19-11-18(25-27-19)9-17-14-23-8-6-16(17)10-20(26)24-13-15-5-4-7-22-12-15/h4-5,7,11-12,16-17,23H,6,8-10,13-14H2,1-3H3,(H,24,26)/t16-,17+/m0/s1. The topological polar surface area (TPSA) is 80.0 Å². The average molecular weight is 370 g/mol. The molecule has 0 bridgehead atoms. The molecule has 27 heavy (non-hydrogen) atoms. The predicted octanol–water partition coefficient (Wildman–Crippen LogP) is 2.84. The fraction of sp³-hybridized carbons (Fsp3) is 0.571. The number of pyridine rings is 1. The molecule has 3 rings (SSSR count). The van der Waals surface area contributed by atoms with Gasteiger partial charge in [0.05, 0.1) is 5.69 Å². The van der Waals surface area contributed by atoms with Crippen molar-refractivity contribution in [1.82, 2.24) is 20.8 Å². The summed E-state index contributed by atoms with van der Waals surface area (Å²) < 4.78 is 5.52. The van der Waals surface area contributed by atoms with E-state index in [1.165, 1.54) is 0 Å². The molecule has 1 fully saturated rings. The number of carbonyl (C=O) groups excluding carboxylic acids is 1. The van der Waals surface area contributed by atoms with E-state index in [-0.39, 0.29) is 11.3 Å². The molecule has 1 amide bonds. The van der Waals surface area contributed by atoms with Crippen molar-refractivity contribution in [1.29, 1.82) is 0 Å². The van der Waals surface area contributed by atoms with Gasteiger partial charge in [0.2, 0.25) is 5.91 Å². The van der Waals surface area contributed by atoms with Gasteiger partial charge in [0, 0.05) is 36.8 Å². The quantitative estimate of drug-likeness (QED) is 0.817. The second-order valence-corrected chi connectivity index (χ2v) is 8.49. The number of aromatic nitrogens is 2. The first kappa shape index (κ1) is 19.5. The highest BCUT2D eigenvalue weighted by molar-refractivity contribution is 5.76. The summed E-state index contributed by atoms with van der Waals surface area (Å²) in [6.07, 6.45) is 5.92. The Kier molecular flexibility index (Phi) is 6.26. The highest BCUT2D eigenvalue weighted by Gasteiger charge is 2.29. The van der Waals surface area contributed by atoms with Crippen LogP contribution >= 0.6 is 0 Å². The smallest absolute Gasteiger partial charge is 0.220 e. The highest BCUT2D eigenvalue weighted by Crippen LogP contribution is 2.28. The van der Waals surface area contributed by atoms with Crippen molar-refractivity contribution < 1.29 is 9.32 Å². The average Bonchev–Trinajstić information content (AvgIpc) is 3.12. The lowest BCUT2D eigenvalue weighted by atomic mass is 9.81.